The van der Waals surface area contributed by atoms with Crippen molar-refractivity contribution in [3.63, 3.8) is 0 Å². The summed E-state index contributed by atoms with van der Waals surface area (Å²) in [4.78, 5) is 26.0. The predicted molar refractivity (Wildman–Crippen MR) is 101 cm³/mol. The molecule has 4 rings (SSSR count). The number of aromatic carboxylic acids is 1. The molecule has 0 spiro atoms. The van der Waals surface area contributed by atoms with Gasteiger partial charge in [-0.05, 0) is 48.9 Å². The highest BCUT2D eigenvalue weighted by atomic mass is 19.1. The first kappa shape index (κ1) is 17.4. The monoisotopic (exact) mass is 366 g/mol. The molecule has 1 aliphatic rings. The van der Waals surface area contributed by atoms with Crippen LogP contribution in [0.25, 0.3) is 22.0 Å². The van der Waals surface area contributed by atoms with Gasteiger partial charge in [-0.25, -0.2) is 9.18 Å². The summed E-state index contributed by atoms with van der Waals surface area (Å²) in [6.45, 7) is 4.02. The molecule has 1 aliphatic heterocycles. The highest BCUT2D eigenvalue weighted by molar-refractivity contribution is 5.94. The molecule has 0 saturated carbocycles. The number of aromatic nitrogens is 1. The Morgan fingerprint density at radius 2 is 1.93 bits per heavy atom. The molecule has 0 aliphatic carbocycles. The number of rotatable bonds is 3. The highest BCUT2D eigenvalue weighted by Gasteiger charge is 2.19. The van der Waals surface area contributed by atoms with Crippen molar-refractivity contribution in [1.82, 2.24) is 9.47 Å². The molecule has 138 valence electrons. The number of benzene rings is 2. The number of halogens is 1. The van der Waals surface area contributed by atoms with Crippen molar-refractivity contribution < 1.29 is 14.3 Å². The zero-order valence-corrected chi connectivity index (χ0v) is 15.1. The SMILES string of the molecule is CCn1cc(C(=O)O)c(=O)c2cc(F)c(-c3ccc4c(c3)CN(C)C4)cc21. The minimum atomic E-state index is -1.31. The summed E-state index contributed by atoms with van der Waals surface area (Å²) < 4.78 is 16.5. The van der Waals surface area contributed by atoms with E-state index >= 15 is 0 Å². The van der Waals surface area contributed by atoms with Gasteiger partial charge in [0.25, 0.3) is 0 Å². The summed E-state index contributed by atoms with van der Waals surface area (Å²) in [6.07, 6.45) is 1.33. The van der Waals surface area contributed by atoms with E-state index in [2.05, 4.69) is 4.90 Å². The van der Waals surface area contributed by atoms with Crippen LogP contribution in [0.2, 0.25) is 0 Å². The van der Waals surface area contributed by atoms with Gasteiger partial charge in [0.2, 0.25) is 5.43 Å². The molecule has 0 radical (unpaired) electrons. The topological polar surface area (TPSA) is 62.5 Å². The number of aryl methyl sites for hydroxylation is 1. The Hall–Kier alpha value is -2.99. The van der Waals surface area contributed by atoms with Crippen molar-refractivity contribution in [3.05, 3.63) is 69.3 Å². The lowest BCUT2D eigenvalue weighted by atomic mass is 9.98. The number of hydrogen-bond acceptors (Lipinski definition) is 3. The molecule has 0 amide bonds. The summed E-state index contributed by atoms with van der Waals surface area (Å²) in [5, 5.41) is 9.33. The maximum absolute atomic E-state index is 14.9. The number of carboxylic acids is 1. The van der Waals surface area contributed by atoms with Crippen LogP contribution in [0.4, 0.5) is 4.39 Å². The third-order valence-corrected chi connectivity index (χ3v) is 5.14. The second kappa shape index (κ2) is 6.32. The molecule has 0 unspecified atom stereocenters. The fraction of sp³-hybridized carbons (Fsp3) is 0.238. The van der Waals surface area contributed by atoms with Gasteiger partial charge in [-0.15, -0.1) is 0 Å². The van der Waals surface area contributed by atoms with E-state index in [9.17, 15) is 19.1 Å². The highest BCUT2D eigenvalue weighted by Crippen LogP contribution is 2.31. The Morgan fingerprint density at radius 1 is 1.19 bits per heavy atom. The Morgan fingerprint density at radius 3 is 2.63 bits per heavy atom. The van der Waals surface area contributed by atoms with Crippen molar-refractivity contribution in [2.45, 2.75) is 26.6 Å². The van der Waals surface area contributed by atoms with Gasteiger partial charge in [0.15, 0.2) is 0 Å². The summed E-state index contributed by atoms with van der Waals surface area (Å²) >= 11 is 0. The van der Waals surface area contributed by atoms with Crippen LogP contribution >= 0.6 is 0 Å². The molecule has 2 heterocycles. The van der Waals surface area contributed by atoms with Gasteiger partial charge >= 0.3 is 5.97 Å². The van der Waals surface area contributed by atoms with Gasteiger partial charge in [-0.2, -0.15) is 0 Å². The lowest BCUT2D eigenvalue weighted by Crippen LogP contribution is -2.19. The predicted octanol–water partition coefficient (Wildman–Crippen LogP) is 3.47. The molecule has 1 aromatic heterocycles. The molecular weight excluding hydrogens is 347 g/mol. The van der Waals surface area contributed by atoms with E-state index in [0.717, 1.165) is 24.7 Å². The third kappa shape index (κ3) is 2.82. The van der Waals surface area contributed by atoms with Crippen molar-refractivity contribution >= 4 is 16.9 Å². The molecule has 5 nitrogen and oxygen atoms in total. The number of carbonyl (C=O) groups is 1. The molecule has 1 N–H and O–H groups in total. The third-order valence-electron chi connectivity index (χ3n) is 5.14. The number of nitrogens with zero attached hydrogens (tertiary/aromatic N) is 2. The van der Waals surface area contributed by atoms with Crippen LogP contribution in [0.1, 0.15) is 28.4 Å². The quantitative estimate of drug-likeness (QED) is 0.771. The van der Waals surface area contributed by atoms with E-state index in [1.165, 1.54) is 17.3 Å². The maximum Gasteiger partial charge on any atom is 0.341 e. The van der Waals surface area contributed by atoms with E-state index in [0.29, 0.717) is 17.6 Å². The van der Waals surface area contributed by atoms with Gasteiger partial charge < -0.3 is 9.67 Å². The van der Waals surface area contributed by atoms with Gasteiger partial charge in [-0.1, -0.05) is 12.1 Å². The minimum absolute atomic E-state index is 0.0823. The van der Waals surface area contributed by atoms with Gasteiger partial charge in [0, 0.05) is 36.8 Å². The van der Waals surface area contributed by atoms with Gasteiger partial charge in [0.05, 0.1) is 5.52 Å². The molecule has 27 heavy (non-hydrogen) atoms. The lowest BCUT2D eigenvalue weighted by molar-refractivity contribution is 0.0695. The zero-order valence-electron chi connectivity index (χ0n) is 15.1. The number of fused-ring (bicyclic) bond motifs is 2. The normalized spacial score (nSPS) is 13.9. The number of carboxylic acid groups (broad SMARTS) is 1. The first-order valence-corrected chi connectivity index (χ1v) is 8.79. The minimum Gasteiger partial charge on any atom is -0.477 e. The van der Waals surface area contributed by atoms with E-state index < -0.39 is 17.2 Å². The zero-order chi connectivity index (χ0) is 19.3. The number of hydrogen-bond donors (Lipinski definition) is 1. The van der Waals surface area contributed by atoms with Crippen LogP contribution in [-0.2, 0) is 19.6 Å². The molecule has 0 saturated heterocycles. The van der Waals surface area contributed by atoms with Crippen molar-refractivity contribution in [1.29, 1.82) is 0 Å². The van der Waals surface area contributed by atoms with Crippen LogP contribution in [-0.4, -0.2) is 27.6 Å². The average molecular weight is 366 g/mol. The second-order valence-electron chi connectivity index (χ2n) is 6.97. The largest absolute Gasteiger partial charge is 0.477 e. The van der Waals surface area contributed by atoms with E-state index in [1.807, 2.05) is 32.2 Å². The van der Waals surface area contributed by atoms with Crippen molar-refractivity contribution in [2.24, 2.45) is 0 Å². The van der Waals surface area contributed by atoms with Crippen LogP contribution in [0.15, 0.2) is 41.3 Å². The number of pyridine rings is 1. The maximum atomic E-state index is 14.9. The van der Waals surface area contributed by atoms with Gasteiger partial charge in [-0.3, -0.25) is 9.69 Å². The van der Waals surface area contributed by atoms with E-state index in [-0.39, 0.29) is 10.9 Å². The van der Waals surface area contributed by atoms with E-state index in [4.69, 9.17) is 0 Å². The van der Waals surface area contributed by atoms with Gasteiger partial charge in [0.1, 0.15) is 11.4 Å². The molecular formula is C21H19FN2O3. The van der Waals surface area contributed by atoms with Crippen LogP contribution in [0, 0.1) is 5.82 Å². The summed E-state index contributed by atoms with van der Waals surface area (Å²) in [5.74, 6) is -1.84. The first-order valence-electron chi connectivity index (χ1n) is 8.79. The van der Waals surface area contributed by atoms with Crippen LogP contribution < -0.4 is 5.43 Å². The smallest absolute Gasteiger partial charge is 0.341 e. The second-order valence-corrected chi connectivity index (χ2v) is 6.97. The molecule has 0 bridgehead atoms. The fourth-order valence-electron chi connectivity index (χ4n) is 3.78. The lowest BCUT2D eigenvalue weighted by Gasteiger charge is -2.13. The summed E-state index contributed by atoms with van der Waals surface area (Å²) in [6, 6.07) is 8.69. The Bertz CT molecular complexity index is 1150. The molecule has 2 aromatic carbocycles. The van der Waals surface area contributed by atoms with Crippen molar-refractivity contribution in [2.75, 3.05) is 7.05 Å². The summed E-state index contributed by atoms with van der Waals surface area (Å²) in [5.41, 5.74) is 3.08. The molecule has 3 aromatic rings. The molecule has 0 fully saturated rings. The van der Waals surface area contributed by atoms with Crippen LogP contribution in [0.3, 0.4) is 0 Å². The molecule has 0 atom stereocenters. The van der Waals surface area contributed by atoms with Crippen molar-refractivity contribution in [3.8, 4) is 11.1 Å². The molecule has 6 heteroatoms. The first-order chi connectivity index (χ1) is 12.9. The Kier molecular flexibility index (Phi) is 4.08. The Labute approximate surface area is 155 Å². The standard InChI is InChI=1S/C21H19FN2O3/c1-3-24-11-17(21(26)27)20(25)16-7-18(22)15(8-19(16)24)12-4-5-13-9-23(2)10-14(13)6-12/h4-8,11H,3,9-10H2,1-2H3,(H,26,27). The summed E-state index contributed by atoms with van der Waals surface area (Å²) in [7, 11) is 2.04. The Balaban J connectivity index is 1.95. The van der Waals surface area contributed by atoms with Crippen LogP contribution in [0.5, 0.6) is 0 Å². The fourth-order valence-corrected chi connectivity index (χ4v) is 3.78. The average Bonchev–Trinajstić information content (AvgIpc) is 3.01. The van der Waals surface area contributed by atoms with E-state index in [1.54, 1.807) is 10.6 Å².